The lowest BCUT2D eigenvalue weighted by Gasteiger charge is -2.11. The number of unbranched alkanes of at least 4 members (excludes halogenated alkanes) is 15. The standard InChI is InChI=1S/C28H46O3/c1-4-5-6-7-8-9-10-11-12-13-14-15-16-17-18-21-24-30-26-22-19-20-23-27(26)31-28(29)25(2)3/h19-20,22-23H,2,4-18,21,24H2,1,3H3. The van der Waals surface area contributed by atoms with Crippen molar-refractivity contribution in [2.45, 2.75) is 117 Å². The minimum atomic E-state index is -0.418. The van der Waals surface area contributed by atoms with Crippen molar-refractivity contribution < 1.29 is 14.3 Å². The van der Waals surface area contributed by atoms with Crippen LogP contribution < -0.4 is 9.47 Å². The third kappa shape index (κ3) is 14.8. The van der Waals surface area contributed by atoms with Gasteiger partial charge in [0.1, 0.15) is 0 Å². The Bertz CT molecular complexity index is 594. The van der Waals surface area contributed by atoms with Crippen molar-refractivity contribution in [1.82, 2.24) is 0 Å². The molecule has 31 heavy (non-hydrogen) atoms. The van der Waals surface area contributed by atoms with Gasteiger partial charge in [-0.25, -0.2) is 4.79 Å². The van der Waals surface area contributed by atoms with Crippen LogP contribution in [0.25, 0.3) is 0 Å². The second-order valence-electron chi connectivity index (χ2n) is 8.77. The van der Waals surface area contributed by atoms with Crippen LogP contribution in [0.5, 0.6) is 11.5 Å². The van der Waals surface area contributed by atoms with E-state index in [2.05, 4.69) is 13.5 Å². The van der Waals surface area contributed by atoms with Crippen LogP contribution in [-0.4, -0.2) is 12.6 Å². The van der Waals surface area contributed by atoms with Crippen molar-refractivity contribution in [2.75, 3.05) is 6.61 Å². The maximum atomic E-state index is 11.7. The van der Waals surface area contributed by atoms with Crippen molar-refractivity contribution in [3.63, 3.8) is 0 Å². The van der Waals surface area contributed by atoms with Crippen molar-refractivity contribution in [3.8, 4) is 11.5 Å². The number of ether oxygens (including phenoxy) is 2. The fraction of sp³-hybridized carbons (Fsp3) is 0.679. The zero-order valence-corrected chi connectivity index (χ0v) is 20.3. The fourth-order valence-electron chi connectivity index (χ4n) is 3.67. The van der Waals surface area contributed by atoms with Crippen LogP contribution in [0, 0.1) is 0 Å². The van der Waals surface area contributed by atoms with Crippen LogP contribution in [0.1, 0.15) is 117 Å². The van der Waals surface area contributed by atoms with Gasteiger partial charge in [-0.1, -0.05) is 122 Å². The van der Waals surface area contributed by atoms with Gasteiger partial charge in [-0.15, -0.1) is 0 Å². The lowest BCUT2D eigenvalue weighted by atomic mass is 10.0. The number of hydrogen-bond donors (Lipinski definition) is 0. The lowest BCUT2D eigenvalue weighted by molar-refractivity contribution is -0.130. The Morgan fingerprint density at radius 3 is 1.58 bits per heavy atom. The van der Waals surface area contributed by atoms with Crippen molar-refractivity contribution in [3.05, 3.63) is 36.4 Å². The number of benzene rings is 1. The number of rotatable bonds is 20. The van der Waals surface area contributed by atoms with E-state index in [9.17, 15) is 4.79 Å². The molecular weight excluding hydrogens is 384 g/mol. The molecular formula is C28H46O3. The van der Waals surface area contributed by atoms with E-state index in [1.807, 2.05) is 18.2 Å². The molecule has 0 bridgehead atoms. The molecule has 0 aliphatic rings. The molecule has 0 aliphatic carbocycles. The Hall–Kier alpha value is -1.77. The van der Waals surface area contributed by atoms with Crippen molar-refractivity contribution in [2.24, 2.45) is 0 Å². The second-order valence-corrected chi connectivity index (χ2v) is 8.77. The highest BCUT2D eigenvalue weighted by molar-refractivity contribution is 5.89. The summed E-state index contributed by atoms with van der Waals surface area (Å²) >= 11 is 0. The van der Waals surface area contributed by atoms with E-state index in [1.54, 1.807) is 13.0 Å². The summed E-state index contributed by atoms with van der Waals surface area (Å²) < 4.78 is 11.2. The third-order valence-electron chi connectivity index (χ3n) is 5.66. The smallest absolute Gasteiger partial charge is 0.338 e. The van der Waals surface area contributed by atoms with E-state index in [4.69, 9.17) is 9.47 Å². The van der Waals surface area contributed by atoms with Gasteiger partial charge in [-0.05, 0) is 25.5 Å². The number of esters is 1. The van der Waals surface area contributed by atoms with Gasteiger partial charge in [0.25, 0.3) is 0 Å². The van der Waals surface area contributed by atoms with Gasteiger partial charge in [0.2, 0.25) is 0 Å². The molecule has 0 atom stereocenters. The van der Waals surface area contributed by atoms with Crippen molar-refractivity contribution in [1.29, 1.82) is 0 Å². The highest BCUT2D eigenvalue weighted by Gasteiger charge is 2.10. The second kappa shape index (κ2) is 19.0. The summed E-state index contributed by atoms with van der Waals surface area (Å²) in [4.78, 5) is 11.7. The third-order valence-corrected chi connectivity index (χ3v) is 5.66. The van der Waals surface area contributed by atoms with Gasteiger partial charge in [0.05, 0.1) is 6.61 Å². The molecule has 0 fully saturated rings. The number of para-hydroxylation sites is 2. The van der Waals surface area contributed by atoms with Crippen LogP contribution in [0.15, 0.2) is 36.4 Å². The van der Waals surface area contributed by atoms with Gasteiger partial charge < -0.3 is 9.47 Å². The summed E-state index contributed by atoms with van der Waals surface area (Å²) in [5, 5.41) is 0. The van der Waals surface area contributed by atoms with Crippen LogP contribution in [0.4, 0.5) is 0 Å². The zero-order valence-electron chi connectivity index (χ0n) is 20.3. The van der Waals surface area contributed by atoms with Gasteiger partial charge in [-0.3, -0.25) is 0 Å². The Kier molecular flexibility index (Phi) is 16.7. The molecule has 0 aliphatic heterocycles. The highest BCUT2D eigenvalue weighted by Crippen LogP contribution is 2.27. The summed E-state index contributed by atoms with van der Waals surface area (Å²) in [6.45, 7) is 8.19. The highest BCUT2D eigenvalue weighted by atomic mass is 16.6. The first kappa shape index (κ1) is 27.3. The number of carbonyl (C=O) groups is 1. The maximum Gasteiger partial charge on any atom is 0.338 e. The number of carbonyl (C=O) groups excluding carboxylic acids is 1. The minimum absolute atomic E-state index is 0.382. The predicted octanol–water partition coefficient (Wildman–Crippen LogP) is 8.81. The Balaban J connectivity index is 1.93. The van der Waals surface area contributed by atoms with Crippen molar-refractivity contribution >= 4 is 5.97 Å². The molecule has 0 spiro atoms. The molecule has 3 heteroatoms. The normalized spacial score (nSPS) is 10.8. The Morgan fingerprint density at radius 2 is 1.13 bits per heavy atom. The van der Waals surface area contributed by atoms with E-state index >= 15 is 0 Å². The summed E-state index contributed by atoms with van der Waals surface area (Å²) in [5.74, 6) is 0.670. The molecule has 3 nitrogen and oxygen atoms in total. The van der Waals surface area contributed by atoms with E-state index in [-0.39, 0.29) is 0 Å². The molecule has 0 saturated heterocycles. The first-order valence-corrected chi connectivity index (χ1v) is 12.7. The molecule has 1 aromatic rings. The molecule has 1 rings (SSSR count). The van der Waals surface area contributed by atoms with Crippen LogP contribution in [0.2, 0.25) is 0 Å². The quantitative estimate of drug-likeness (QED) is 0.0897. The topological polar surface area (TPSA) is 35.5 Å². The average Bonchev–Trinajstić information content (AvgIpc) is 2.76. The largest absolute Gasteiger partial charge is 0.490 e. The number of hydrogen-bond acceptors (Lipinski definition) is 3. The fourth-order valence-corrected chi connectivity index (χ4v) is 3.67. The monoisotopic (exact) mass is 430 g/mol. The summed E-state index contributed by atoms with van der Waals surface area (Å²) in [6, 6.07) is 7.32. The summed E-state index contributed by atoms with van der Waals surface area (Å²) in [7, 11) is 0. The minimum Gasteiger partial charge on any atom is -0.490 e. The lowest BCUT2D eigenvalue weighted by Crippen LogP contribution is -2.09. The molecule has 0 aromatic heterocycles. The Labute approximate surface area is 191 Å². The van der Waals surface area contributed by atoms with E-state index in [1.165, 1.54) is 96.3 Å². The molecule has 1 aromatic carbocycles. The molecule has 176 valence electrons. The van der Waals surface area contributed by atoms with Crippen LogP contribution in [-0.2, 0) is 4.79 Å². The molecule has 0 amide bonds. The molecule has 0 N–H and O–H groups in total. The molecule has 0 radical (unpaired) electrons. The summed E-state index contributed by atoms with van der Waals surface area (Å²) in [5.41, 5.74) is 0.382. The Morgan fingerprint density at radius 1 is 0.710 bits per heavy atom. The van der Waals surface area contributed by atoms with Crippen LogP contribution >= 0.6 is 0 Å². The maximum absolute atomic E-state index is 11.7. The average molecular weight is 431 g/mol. The first-order chi connectivity index (χ1) is 15.1. The van der Waals surface area contributed by atoms with Crippen LogP contribution in [0.3, 0.4) is 0 Å². The summed E-state index contributed by atoms with van der Waals surface area (Å²) in [6.07, 6.45) is 21.7. The zero-order chi connectivity index (χ0) is 22.6. The SMILES string of the molecule is C=C(C)C(=O)Oc1ccccc1OCCCCCCCCCCCCCCCCCC. The van der Waals surface area contributed by atoms with Gasteiger partial charge in [0.15, 0.2) is 11.5 Å². The van der Waals surface area contributed by atoms with E-state index in [0.717, 1.165) is 6.42 Å². The van der Waals surface area contributed by atoms with Gasteiger partial charge in [-0.2, -0.15) is 0 Å². The molecule has 0 unspecified atom stereocenters. The molecule has 0 heterocycles. The predicted molar refractivity (Wildman–Crippen MR) is 132 cm³/mol. The van der Waals surface area contributed by atoms with E-state index in [0.29, 0.717) is 23.7 Å². The molecule has 0 saturated carbocycles. The van der Waals surface area contributed by atoms with Gasteiger partial charge >= 0.3 is 5.97 Å². The van der Waals surface area contributed by atoms with E-state index < -0.39 is 5.97 Å². The van der Waals surface area contributed by atoms with Gasteiger partial charge in [0, 0.05) is 5.57 Å². The first-order valence-electron chi connectivity index (χ1n) is 12.7.